The van der Waals surface area contributed by atoms with Gasteiger partial charge in [0.25, 0.3) is 0 Å². The highest BCUT2D eigenvalue weighted by molar-refractivity contribution is 6.30. The summed E-state index contributed by atoms with van der Waals surface area (Å²) in [5, 5.41) is 9.42. The molecule has 0 radical (unpaired) electrons. The molecule has 0 aliphatic heterocycles. The summed E-state index contributed by atoms with van der Waals surface area (Å²) >= 11 is 5.85. The lowest BCUT2D eigenvalue weighted by Crippen LogP contribution is -1.90. The Balaban J connectivity index is 2.16. The molecule has 0 heterocycles. The molecule has 84 valence electrons. The van der Waals surface area contributed by atoms with Crippen LogP contribution in [-0.2, 0) is 12.8 Å². The van der Waals surface area contributed by atoms with Crippen molar-refractivity contribution >= 4 is 11.6 Å². The highest BCUT2D eigenvalue weighted by Crippen LogP contribution is 2.14. The summed E-state index contributed by atoms with van der Waals surface area (Å²) in [6.07, 6.45) is 1.34. The van der Waals surface area contributed by atoms with Crippen LogP contribution in [0.5, 0.6) is 0 Å². The Bertz CT molecular complexity index is 538. The second-order valence-electron chi connectivity index (χ2n) is 3.96. The van der Waals surface area contributed by atoms with Crippen molar-refractivity contribution in [2.24, 2.45) is 0 Å². The molecule has 2 aromatic carbocycles. The van der Waals surface area contributed by atoms with Gasteiger partial charge < -0.3 is 0 Å². The molecular weight excluding hydrogens is 230 g/mol. The molecule has 0 N–H and O–H groups in total. The number of nitriles is 1. The van der Waals surface area contributed by atoms with Crippen molar-refractivity contribution in [1.82, 2.24) is 0 Å². The second kappa shape index (κ2) is 5.52. The predicted octanol–water partition coefficient (Wildman–Crippen LogP) is 4.00. The van der Waals surface area contributed by atoms with Crippen LogP contribution >= 0.6 is 11.6 Å². The van der Waals surface area contributed by atoms with Crippen LogP contribution < -0.4 is 0 Å². The van der Waals surface area contributed by atoms with Crippen molar-refractivity contribution in [3.63, 3.8) is 0 Å². The quantitative estimate of drug-likeness (QED) is 0.797. The third-order valence-electron chi connectivity index (χ3n) is 2.60. The van der Waals surface area contributed by atoms with Gasteiger partial charge in [0, 0.05) is 5.02 Å². The zero-order chi connectivity index (χ0) is 12.1. The van der Waals surface area contributed by atoms with Crippen LogP contribution in [0.1, 0.15) is 16.7 Å². The van der Waals surface area contributed by atoms with E-state index in [1.165, 1.54) is 11.1 Å². The third kappa shape index (κ3) is 3.34. The van der Waals surface area contributed by atoms with E-state index >= 15 is 0 Å². The first-order valence-electron chi connectivity index (χ1n) is 5.47. The molecule has 17 heavy (non-hydrogen) atoms. The lowest BCUT2D eigenvalue weighted by atomic mass is 10.0. The summed E-state index contributed by atoms with van der Waals surface area (Å²) < 4.78 is 0. The zero-order valence-electron chi connectivity index (χ0n) is 9.36. The zero-order valence-corrected chi connectivity index (χ0v) is 10.1. The van der Waals surface area contributed by atoms with Crippen molar-refractivity contribution in [2.75, 3.05) is 0 Å². The first kappa shape index (κ1) is 11.7. The molecule has 2 aromatic rings. The predicted molar refractivity (Wildman–Crippen MR) is 70.0 cm³/mol. The maximum absolute atomic E-state index is 8.67. The number of rotatable bonds is 3. The van der Waals surface area contributed by atoms with Crippen LogP contribution in [0.15, 0.2) is 48.5 Å². The first-order chi connectivity index (χ1) is 8.28. The fourth-order valence-electron chi connectivity index (χ4n) is 1.78. The largest absolute Gasteiger partial charge is 0.198 e. The molecule has 0 atom stereocenters. The molecule has 0 saturated heterocycles. The van der Waals surface area contributed by atoms with Gasteiger partial charge in [-0.1, -0.05) is 48.0 Å². The molecule has 0 aliphatic rings. The van der Waals surface area contributed by atoms with Gasteiger partial charge in [-0.3, -0.25) is 0 Å². The SMILES string of the molecule is N#CCc1cccc(Cc2ccc(Cl)cc2)c1. The van der Waals surface area contributed by atoms with E-state index in [0.717, 1.165) is 17.0 Å². The van der Waals surface area contributed by atoms with Crippen molar-refractivity contribution in [3.05, 3.63) is 70.2 Å². The molecule has 0 aliphatic carbocycles. The van der Waals surface area contributed by atoms with E-state index < -0.39 is 0 Å². The van der Waals surface area contributed by atoms with Gasteiger partial charge >= 0.3 is 0 Å². The normalized spacial score (nSPS) is 9.88. The molecular formula is C15H12ClN. The molecule has 0 saturated carbocycles. The summed E-state index contributed by atoms with van der Waals surface area (Å²) in [6.45, 7) is 0. The Morgan fingerprint density at radius 3 is 2.35 bits per heavy atom. The van der Waals surface area contributed by atoms with E-state index in [9.17, 15) is 0 Å². The maximum atomic E-state index is 8.67. The molecule has 0 amide bonds. The number of halogens is 1. The summed E-state index contributed by atoms with van der Waals surface area (Å²) in [5.74, 6) is 0. The molecule has 0 bridgehead atoms. The van der Waals surface area contributed by atoms with Gasteiger partial charge in [-0.25, -0.2) is 0 Å². The van der Waals surface area contributed by atoms with Crippen molar-refractivity contribution in [1.29, 1.82) is 5.26 Å². The van der Waals surface area contributed by atoms with Gasteiger partial charge in [0.1, 0.15) is 0 Å². The van der Waals surface area contributed by atoms with E-state index in [0.29, 0.717) is 6.42 Å². The van der Waals surface area contributed by atoms with Gasteiger partial charge in [0.05, 0.1) is 12.5 Å². The fourth-order valence-corrected chi connectivity index (χ4v) is 1.90. The fraction of sp³-hybridized carbons (Fsp3) is 0.133. The van der Waals surface area contributed by atoms with Gasteiger partial charge in [-0.2, -0.15) is 5.26 Å². The number of nitrogens with zero attached hydrogens (tertiary/aromatic N) is 1. The van der Waals surface area contributed by atoms with Gasteiger partial charge in [0.15, 0.2) is 0 Å². The minimum Gasteiger partial charge on any atom is -0.198 e. The number of benzene rings is 2. The average molecular weight is 242 g/mol. The van der Waals surface area contributed by atoms with Crippen molar-refractivity contribution < 1.29 is 0 Å². The Morgan fingerprint density at radius 1 is 0.941 bits per heavy atom. The van der Waals surface area contributed by atoms with Crippen LogP contribution in [0, 0.1) is 11.3 Å². The molecule has 0 aromatic heterocycles. The molecule has 1 nitrogen and oxygen atoms in total. The van der Waals surface area contributed by atoms with Crippen LogP contribution in [-0.4, -0.2) is 0 Å². The Kier molecular flexibility index (Phi) is 3.80. The van der Waals surface area contributed by atoms with E-state index in [4.69, 9.17) is 16.9 Å². The van der Waals surface area contributed by atoms with Crippen LogP contribution in [0.25, 0.3) is 0 Å². The summed E-state index contributed by atoms with van der Waals surface area (Å²) in [6, 6.07) is 18.2. The van der Waals surface area contributed by atoms with Crippen LogP contribution in [0.4, 0.5) is 0 Å². The number of hydrogen-bond donors (Lipinski definition) is 0. The van der Waals surface area contributed by atoms with Crippen molar-refractivity contribution in [2.45, 2.75) is 12.8 Å². The maximum Gasteiger partial charge on any atom is 0.0669 e. The summed E-state index contributed by atoms with van der Waals surface area (Å²) in [5.41, 5.74) is 3.52. The van der Waals surface area contributed by atoms with Crippen LogP contribution in [0.2, 0.25) is 5.02 Å². The minimum atomic E-state index is 0.467. The average Bonchev–Trinajstić information content (AvgIpc) is 2.33. The third-order valence-corrected chi connectivity index (χ3v) is 2.85. The molecule has 0 spiro atoms. The number of hydrogen-bond acceptors (Lipinski definition) is 1. The van der Waals surface area contributed by atoms with E-state index in [1.807, 2.05) is 36.4 Å². The van der Waals surface area contributed by atoms with Crippen molar-refractivity contribution in [3.8, 4) is 6.07 Å². The highest BCUT2D eigenvalue weighted by Gasteiger charge is 1.98. The van der Waals surface area contributed by atoms with Gasteiger partial charge in [-0.15, -0.1) is 0 Å². The minimum absolute atomic E-state index is 0.467. The Morgan fingerprint density at radius 2 is 1.65 bits per heavy atom. The molecule has 2 heteroatoms. The monoisotopic (exact) mass is 241 g/mol. The molecule has 0 unspecified atom stereocenters. The lowest BCUT2D eigenvalue weighted by molar-refractivity contribution is 1.16. The van der Waals surface area contributed by atoms with Crippen LogP contribution in [0.3, 0.4) is 0 Å². The second-order valence-corrected chi connectivity index (χ2v) is 4.39. The first-order valence-corrected chi connectivity index (χ1v) is 5.85. The van der Waals surface area contributed by atoms with Gasteiger partial charge in [0.2, 0.25) is 0 Å². The highest BCUT2D eigenvalue weighted by atomic mass is 35.5. The standard InChI is InChI=1S/C15H12ClN/c16-15-6-4-13(5-7-15)11-14-3-1-2-12(10-14)8-9-17/h1-7,10H,8,11H2. The molecule has 2 rings (SSSR count). The van der Waals surface area contributed by atoms with E-state index in [1.54, 1.807) is 0 Å². The Labute approximate surface area is 106 Å². The smallest absolute Gasteiger partial charge is 0.0669 e. The van der Waals surface area contributed by atoms with E-state index in [-0.39, 0.29) is 0 Å². The summed E-state index contributed by atoms with van der Waals surface area (Å²) in [4.78, 5) is 0. The summed E-state index contributed by atoms with van der Waals surface area (Å²) in [7, 11) is 0. The Hall–Kier alpha value is -1.78. The van der Waals surface area contributed by atoms with Gasteiger partial charge in [-0.05, 0) is 35.2 Å². The van der Waals surface area contributed by atoms with E-state index in [2.05, 4.69) is 18.2 Å². The topological polar surface area (TPSA) is 23.8 Å². The lowest BCUT2D eigenvalue weighted by Gasteiger charge is -2.03. The molecule has 0 fully saturated rings.